The van der Waals surface area contributed by atoms with Crippen LogP contribution in [0.15, 0.2) is 33.7 Å². The molecule has 2 aromatic rings. The van der Waals surface area contributed by atoms with Crippen LogP contribution in [0.2, 0.25) is 5.02 Å². The Morgan fingerprint density at radius 2 is 2.00 bits per heavy atom. The molecule has 1 aromatic carbocycles. The minimum atomic E-state index is -3.50. The molecule has 1 aromatic heterocycles. The monoisotopic (exact) mass is 339 g/mol. The standard InChI is InChI=1S/C14H14ClN3O3S/c15-11-2-1-3-12(6-11)22(19,20)18-7-10(8-18)14-16-13(17-21-14)9-4-5-9/h1-3,6,9-10H,4-5,7-8H2. The van der Waals surface area contributed by atoms with Crippen LogP contribution in [-0.4, -0.2) is 36.0 Å². The molecule has 1 aliphatic heterocycles. The van der Waals surface area contributed by atoms with Crippen molar-refractivity contribution in [2.75, 3.05) is 13.1 Å². The summed E-state index contributed by atoms with van der Waals surface area (Å²) in [6, 6.07) is 6.29. The molecule has 2 aliphatic rings. The van der Waals surface area contributed by atoms with E-state index >= 15 is 0 Å². The molecule has 1 saturated carbocycles. The van der Waals surface area contributed by atoms with Gasteiger partial charge in [0.1, 0.15) is 0 Å². The van der Waals surface area contributed by atoms with Crippen LogP contribution in [0.5, 0.6) is 0 Å². The minimum Gasteiger partial charge on any atom is -0.339 e. The van der Waals surface area contributed by atoms with Crippen LogP contribution >= 0.6 is 11.6 Å². The number of halogens is 1. The average Bonchev–Trinajstić information content (AvgIpc) is 3.17. The topological polar surface area (TPSA) is 76.3 Å². The SMILES string of the molecule is O=S(=O)(c1cccc(Cl)c1)N1CC(c2nc(C3CC3)no2)C1. The quantitative estimate of drug-likeness (QED) is 0.854. The molecule has 2 heterocycles. The lowest BCUT2D eigenvalue weighted by Gasteiger charge is -2.35. The first-order chi connectivity index (χ1) is 10.5. The Morgan fingerprint density at radius 1 is 1.23 bits per heavy atom. The van der Waals surface area contributed by atoms with Crippen LogP contribution in [0.4, 0.5) is 0 Å². The number of benzene rings is 1. The maximum atomic E-state index is 12.5. The van der Waals surface area contributed by atoms with Gasteiger partial charge in [-0.25, -0.2) is 8.42 Å². The number of hydrogen-bond donors (Lipinski definition) is 0. The zero-order valence-corrected chi connectivity index (χ0v) is 13.2. The van der Waals surface area contributed by atoms with Crippen molar-refractivity contribution in [1.29, 1.82) is 0 Å². The Morgan fingerprint density at radius 3 is 2.68 bits per heavy atom. The maximum absolute atomic E-state index is 12.5. The Hall–Kier alpha value is -1.44. The second-order valence-corrected chi connectivity index (χ2v) is 8.12. The lowest BCUT2D eigenvalue weighted by molar-refractivity contribution is 0.216. The second kappa shape index (κ2) is 5.04. The van der Waals surface area contributed by atoms with Crippen LogP contribution in [-0.2, 0) is 10.0 Å². The van der Waals surface area contributed by atoms with Gasteiger partial charge in [-0.15, -0.1) is 0 Å². The van der Waals surface area contributed by atoms with Gasteiger partial charge in [-0.3, -0.25) is 0 Å². The Balaban J connectivity index is 1.47. The van der Waals surface area contributed by atoms with E-state index in [1.807, 2.05) is 0 Å². The van der Waals surface area contributed by atoms with E-state index in [9.17, 15) is 8.42 Å². The van der Waals surface area contributed by atoms with Crippen molar-refractivity contribution in [2.24, 2.45) is 0 Å². The summed E-state index contributed by atoms with van der Waals surface area (Å²) in [5.41, 5.74) is 0. The van der Waals surface area contributed by atoms with Crippen molar-refractivity contribution in [3.05, 3.63) is 41.0 Å². The summed E-state index contributed by atoms with van der Waals surface area (Å²) in [6.45, 7) is 0.724. The van der Waals surface area contributed by atoms with Crippen LogP contribution < -0.4 is 0 Å². The first-order valence-corrected chi connectivity index (χ1v) is 8.95. The molecule has 22 heavy (non-hydrogen) atoms. The molecule has 0 unspecified atom stereocenters. The highest BCUT2D eigenvalue weighted by Gasteiger charge is 2.41. The maximum Gasteiger partial charge on any atom is 0.243 e. The smallest absolute Gasteiger partial charge is 0.243 e. The molecule has 116 valence electrons. The number of rotatable bonds is 4. The second-order valence-electron chi connectivity index (χ2n) is 5.74. The fourth-order valence-electron chi connectivity index (χ4n) is 2.49. The Kier molecular flexibility index (Phi) is 3.25. The normalized spacial score (nSPS) is 20.0. The van der Waals surface area contributed by atoms with Crippen LogP contribution in [0.3, 0.4) is 0 Å². The molecule has 0 bridgehead atoms. The first-order valence-electron chi connectivity index (χ1n) is 7.13. The molecule has 8 heteroatoms. The van der Waals surface area contributed by atoms with Gasteiger partial charge in [-0.05, 0) is 31.0 Å². The third-order valence-corrected chi connectivity index (χ3v) is 6.09. The lowest BCUT2D eigenvalue weighted by atomic mass is 10.0. The van der Waals surface area contributed by atoms with E-state index in [-0.39, 0.29) is 10.8 Å². The summed E-state index contributed by atoms with van der Waals surface area (Å²) in [4.78, 5) is 4.59. The third kappa shape index (κ3) is 2.43. The van der Waals surface area contributed by atoms with Crippen LogP contribution in [0.25, 0.3) is 0 Å². The van der Waals surface area contributed by atoms with Gasteiger partial charge in [0.2, 0.25) is 15.9 Å². The molecular weight excluding hydrogens is 326 g/mol. The molecule has 0 amide bonds. The summed E-state index contributed by atoms with van der Waals surface area (Å²) in [5.74, 6) is 1.71. The van der Waals surface area contributed by atoms with E-state index in [1.165, 1.54) is 10.4 Å². The van der Waals surface area contributed by atoms with E-state index < -0.39 is 10.0 Å². The molecule has 6 nitrogen and oxygen atoms in total. The van der Waals surface area contributed by atoms with Crippen molar-refractivity contribution in [3.8, 4) is 0 Å². The zero-order valence-electron chi connectivity index (χ0n) is 11.6. The van der Waals surface area contributed by atoms with Gasteiger partial charge in [-0.2, -0.15) is 9.29 Å². The highest BCUT2D eigenvalue weighted by atomic mass is 35.5. The zero-order chi connectivity index (χ0) is 15.3. The Labute approximate surface area is 133 Å². The molecule has 1 aliphatic carbocycles. The van der Waals surface area contributed by atoms with Crippen LogP contribution in [0.1, 0.15) is 36.4 Å². The molecule has 1 saturated heterocycles. The van der Waals surface area contributed by atoms with E-state index in [1.54, 1.807) is 18.2 Å². The van der Waals surface area contributed by atoms with Gasteiger partial charge < -0.3 is 4.52 Å². The van der Waals surface area contributed by atoms with Crippen LogP contribution in [0, 0.1) is 0 Å². The van der Waals surface area contributed by atoms with E-state index in [0.29, 0.717) is 29.9 Å². The predicted molar refractivity (Wildman–Crippen MR) is 79.2 cm³/mol. The van der Waals surface area contributed by atoms with Crippen molar-refractivity contribution in [2.45, 2.75) is 29.6 Å². The fourth-order valence-corrected chi connectivity index (χ4v) is 4.32. The van der Waals surface area contributed by atoms with Gasteiger partial charge in [0, 0.05) is 24.0 Å². The molecule has 4 rings (SSSR count). The highest BCUT2D eigenvalue weighted by molar-refractivity contribution is 7.89. The van der Waals surface area contributed by atoms with Crippen molar-refractivity contribution in [3.63, 3.8) is 0 Å². The first kappa shape index (κ1) is 14.2. The number of hydrogen-bond acceptors (Lipinski definition) is 5. The highest BCUT2D eigenvalue weighted by Crippen LogP contribution is 2.39. The summed E-state index contributed by atoms with van der Waals surface area (Å²) < 4.78 is 31.6. The third-order valence-electron chi connectivity index (χ3n) is 4.03. The molecule has 0 radical (unpaired) electrons. The van der Waals surface area contributed by atoms with Gasteiger partial charge in [0.05, 0.1) is 10.8 Å². The van der Waals surface area contributed by atoms with E-state index in [0.717, 1.165) is 18.7 Å². The van der Waals surface area contributed by atoms with E-state index in [2.05, 4.69) is 10.1 Å². The molecule has 0 spiro atoms. The van der Waals surface area contributed by atoms with Crippen molar-refractivity contribution >= 4 is 21.6 Å². The predicted octanol–water partition coefficient (Wildman–Crippen LogP) is 2.39. The molecule has 0 atom stereocenters. The molecule has 0 N–H and O–H groups in total. The minimum absolute atomic E-state index is 0.0195. The molecular formula is C14H14ClN3O3S. The average molecular weight is 340 g/mol. The number of nitrogens with zero attached hydrogens (tertiary/aromatic N) is 3. The van der Waals surface area contributed by atoms with Crippen molar-refractivity contribution < 1.29 is 12.9 Å². The van der Waals surface area contributed by atoms with Crippen molar-refractivity contribution in [1.82, 2.24) is 14.4 Å². The van der Waals surface area contributed by atoms with Gasteiger partial charge in [0.15, 0.2) is 5.82 Å². The molecule has 2 fully saturated rings. The summed E-state index contributed by atoms with van der Waals surface area (Å²) >= 11 is 5.86. The largest absolute Gasteiger partial charge is 0.339 e. The summed E-state index contributed by atoms with van der Waals surface area (Å²) in [5, 5.41) is 4.37. The fraction of sp³-hybridized carbons (Fsp3) is 0.429. The Bertz CT molecular complexity index is 810. The van der Waals surface area contributed by atoms with Gasteiger partial charge >= 0.3 is 0 Å². The van der Waals surface area contributed by atoms with Gasteiger partial charge in [-0.1, -0.05) is 22.8 Å². The summed E-state index contributed by atoms with van der Waals surface area (Å²) in [6.07, 6.45) is 2.22. The lowest BCUT2D eigenvalue weighted by Crippen LogP contribution is -2.48. The number of sulfonamides is 1. The number of aromatic nitrogens is 2. The van der Waals surface area contributed by atoms with E-state index in [4.69, 9.17) is 16.1 Å². The summed E-state index contributed by atoms with van der Waals surface area (Å²) in [7, 11) is -3.50. The van der Waals surface area contributed by atoms with Gasteiger partial charge in [0.25, 0.3) is 0 Å².